The molecule has 3 rings (SSSR count). The van der Waals surface area contributed by atoms with Crippen LogP contribution in [0.1, 0.15) is 12.8 Å². The molecule has 1 atom stereocenters. The standard InChI is InChI=1S/C11H11N3O3S/c15-9(7-3-1-5-16-7)12-11-14-13-10(18-11)8-4-2-6-17-8/h2,4,6-7H,1,3,5H2,(H,12,14,15)/t7-/m0/s1. The maximum atomic E-state index is 11.8. The first-order valence-electron chi connectivity index (χ1n) is 5.63. The van der Waals surface area contributed by atoms with E-state index in [0.29, 0.717) is 22.5 Å². The third kappa shape index (κ3) is 2.27. The zero-order valence-electron chi connectivity index (χ0n) is 9.46. The minimum atomic E-state index is -0.360. The molecule has 3 heterocycles. The second-order valence-corrected chi connectivity index (χ2v) is 4.86. The summed E-state index contributed by atoms with van der Waals surface area (Å²) in [5.41, 5.74) is 0. The number of furan rings is 1. The van der Waals surface area contributed by atoms with E-state index < -0.39 is 0 Å². The van der Waals surface area contributed by atoms with Gasteiger partial charge >= 0.3 is 0 Å². The van der Waals surface area contributed by atoms with Gasteiger partial charge in [-0.25, -0.2) is 0 Å². The van der Waals surface area contributed by atoms with E-state index in [4.69, 9.17) is 9.15 Å². The lowest BCUT2D eigenvalue weighted by atomic mass is 10.2. The molecule has 94 valence electrons. The van der Waals surface area contributed by atoms with Gasteiger partial charge in [-0.3, -0.25) is 10.1 Å². The zero-order chi connectivity index (χ0) is 12.4. The van der Waals surface area contributed by atoms with Crippen molar-refractivity contribution >= 4 is 22.4 Å². The van der Waals surface area contributed by atoms with Crippen LogP contribution in [0.15, 0.2) is 22.8 Å². The Morgan fingerprint density at radius 2 is 2.44 bits per heavy atom. The molecule has 0 saturated carbocycles. The number of hydrogen-bond donors (Lipinski definition) is 1. The number of nitrogens with zero attached hydrogens (tertiary/aromatic N) is 2. The SMILES string of the molecule is O=C(Nc1nnc(-c2ccco2)s1)[C@@H]1CCCO1. The fraction of sp³-hybridized carbons (Fsp3) is 0.364. The summed E-state index contributed by atoms with van der Waals surface area (Å²) in [6.07, 6.45) is 2.89. The molecule has 1 amide bonds. The van der Waals surface area contributed by atoms with Gasteiger partial charge in [-0.1, -0.05) is 11.3 Å². The summed E-state index contributed by atoms with van der Waals surface area (Å²) in [6, 6.07) is 3.58. The Kier molecular flexibility index (Phi) is 3.07. The van der Waals surface area contributed by atoms with Crippen LogP contribution in [-0.2, 0) is 9.53 Å². The molecular formula is C11H11N3O3S. The summed E-state index contributed by atoms with van der Waals surface area (Å²) >= 11 is 1.27. The number of carbonyl (C=O) groups excluding carboxylic acids is 1. The second kappa shape index (κ2) is 4.87. The van der Waals surface area contributed by atoms with Gasteiger partial charge in [0.2, 0.25) is 5.13 Å². The monoisotopic (exact) mass is 265 g/mol. The highest BCUT2D eigenvalue weighted by Crippen LogP contribution is 2.26. The molecule has 1 N–H and O–H groups in total. The van der Waals surface area contributed by atoms with Crippen molar-refractivity contribution < 1.29 is 13.9 Å². The maximum absolute atomic E-state index is 11.8. The number of aromatic nitrogens is 2. The molecule has 0 spiro atoms. The van der Waals surface area contributed by atoms with Gasteiger partial charge in [-0.2, -0.15) is 0 Å². The number of anilines is 1. The Balaban J connectivity index is 1.68. The number of hydrogen-bond acceptors (Lipinski definition) is 6. The van der Waals surface area contributed by atoms with Crippen LogP contribution in [0.3, 0.4) is 0 Å². The van der Waals surface area contributed by atoms with E-state index in [-0.39, 0.29) is 12.0 Å². The molecule has 7 heteroatoms. The molecule has 2 aromatic rings. The number of rotatable bonds is 3. The molecule has 0 unspecified atom stereocenters. The average Bonchev–Trinajstić information content (AvgIpc) is 3.12. The largest absolute Gasteiger partial charge is 0.462 e. The van der Waals surface area contributed by atoms with Crippen molar-refractivity contribution in [3.63, 3.8) is 0 Å². The Hall–Kier alpha value is -1.73. The summed E-state index contributed by atoms with van der Waals surface area (Å²) in [4.78, 5) is 11.8. The van der Waals surface area contributed by atoms with Crippen molar-refractivity contribution in [2.24, 2.45) is 0 Å². The topological polar surface area (TPSA) is 77.3 Å². The second-order valence-electron chi connectivity index (χ2n) is 3.88. The van der Waals surface area contributed by atoms with Crippen LogP contribution in [0.4, 0.5) is 5.13 Å². The first-order chi connectivity index (χ1) is 8.83. The van der Waals surface area contributed by atoms with Gasteiger partial charge < -0.3 is 9.15 Å². The first kappa shape index (κ1) is 11.4. The van der Waals surface area contributed by atoms with Crippen molar-refractivity contribution in [2.75, 3.05) is 11.9 Å². The van der Waals surface area contributed by atoms with E-state index in [1.54, 1.807) is 18.4 Å². The summed E-state index contributed by atoms with van der Waals surface area (Å²) in [5.74, 6) is 0.486. The Bertz CT molecular complexity index is 531. The predicted molar refractivity (Wildman–Crippen MR) is 65.2 cm³/mol. The highest BCUT2D eigenvalue weighted by Gasteiger charge is 2.24. The highest BCUT2D eigenvalue weighted by molar-refractivity contribution is 7.18. The summed E-state index contributed by atoms with van der Waals surface area (Å²) in [7, 11) is 0. The molecular weight excluding hydrogens is 254 g/mol. The minimum Gasteiger partial charge on any atom is -0.462 e. The number of ether oxygens (including phenoxy) is 1. The van der Waals surface area contributed by atoms with E-state index in [2.05, 4.69) is 15.5 Å². The van der Waals surface area contributed by atoms with Crippen molar-refractivity contribution in [3.05, 3.63) is 18.4 Å². The lowest BCUT2D eigenvalue weighted by Gasteiger charge is -2.06. The van der Waals surface area contributed by atoms with Crippen LogP contribution >= 0.6 is 11.3 Å². The van der Waals surface area contributed by atoms with Crippen LogP contribution in [-0.4, -0.2) is 28.8 Å². The van der Waals surface area contributed by atoms with Gasteiger partial charge in [-0.15, -0.1) is 10.2 Å². The number of carbonyl (C=O) groups is 1. The van der Waals surface area contributed by atoms with E-state index in [0.717, 1.165) is 12.8 Å². The van der Waals surface area contributed by atoms with E-state index in [1.165, 1.54) is 11.3 Å². The predicted octanol–water partition coefficient (Wildman–Crippen LogP) is 1.92. The molecule has 6 nitrogen and oxygen atoms in total. The first-order valence-corrected chi connectivity index (χ1v) is 6.44. The third-order valence-electron chi connectivity index (χ3n) is 2.61. The van der Waals surface area contributed by atoms with Crippen molar-refractivity contribution in [1.82, 2.24) is 10.2 Å². The molecule has 1 fully saturated rings. The molecule has 0 bridgehead atoms. The molecule has 0 aromatic carbocycles. The van der Waals surface area contributed by atoms with Crippen molar-refractivity contribution in [3.8, 4) is 10.8 Å². The lowest BCUT2D eigenvalue weighted by molar-refractivity contribution is -0.124. The summed E-state index contributed by atoms with van der Waals surface area (Å²) in [5, 5.41) is 11.7. The zero-order valence-corrected chi connectivity index (χ0v) is 10.3. The third-order valence-corrected chi connectivity index (χ3v) is 3.46. The molecule has 1 saturated heterocycles. The Morgan fingerprint density at radius 1 is 1.50 bits per heavy atom. The van der Waals surface area contributed by atoms with Gasteiger partial charge in [-0.05, 0) is 25.0 Å². The Morgan fingerprint density at radius 3 is 3.17 bits per heavy atom. The van der Waals surface area contributed by atoms with Crippen LogP contribution in [0.5, 0.6) is 0 Å². The van der Waals surface area contributed by atoms with Gasteiger partial charge in [0.05, 0.1) is 6.26 Å². The summed E-state index contributed by atoms with van der Waals surface area (Å²) in [6.45, 7) is 0.645. The van der Waals surface area contributed by atoms with E-state index in [1.807, 2.05) is 0 Å². The molecule has 18 heavy (non-hydrogen) atoms. The van der Waals surface area contributed by atoms with Crippen LogP contribution in [0.25, 0.3) is 10.8 Å². The smallest absolute Gasteiger partial charge is 0.255 e. The van der Waals surface area contributed by atoms with Gasteiger partial charge in [0.25, 0.3) is 5.91 Å². The normalized spacial score (nSPS) is 19.0. The van der Waals surface area contributed by atoms with Crippen LogP contribution in [0.2, 0.25) is 0 Å². The van der Waals surface area contributed by atoms with Crippen LogP contribution in [0, 0.1) is 0 Å². The van der Waals surface area contributed by atoms with Gasteiger partial charge in [0.1, 0.15) is 6.10 Å². The van der Waals surface area contributed by atoms with Crippen molar-refractivity contribution in [1.29, 1.82) is 0 Å². The molecule has 2 aromatic heterocycles. The van der Waals surface area contributed by atoms with Gasteiger partial charge in [0.15, 0.2) is 10.8 Å². The molecule has 1 aliphatic heterocycles. The maximum Gasteiger partial charge on any atom is 0.255 e. The minimum absolute atomic E-state index is 0.158. The fourth-order valence-corrected chi connectivity index (χ4v) is 2.46. The van der Waals surface area contributed by atoms with E-state index in [9.17, 15) is 4.79 Å². The number of amides is 1. The summed E-state index contributed by atoms with van der Waals surface area (Å²) < 4.78 is 10.5. The Labute approximate surface area is 107 Å². The van der Waals surface area contributed by atoms with Crippen LogP contribution < -0.4 is 5.32 Å². The lowest BCUT2D eigenvalue weighted by Crippen LogP contribution is -2.26. The quantitative estimate of drug-likeness (QED) is 0.917. The number of nitrogens with one attached hydrogen (secondary N) is 1. The average molecular weight is 265 g/mol. The van der Waals surface area contributed by atoms with Gasteiger partial charge in [0, 0.05) is 6.61 Å². The van der Waals surface area contributed by atoms with E-state index >= 15 is 0 Å². The van der Waals surface area contributed by atoms with Crippen molar-refractivity contribution in [2.45, 2.75) is 18.9 Å². The molecule has 0 aliphatic carbocycles. The fourth-order valence-electron chi connectivity index (χ4n) is 1.74. The highest BCUT2D eigenvalue weighted by atomic mass is 32.1. The molecule has 0 radical (unpaired) electrons. The molecule has 1 aliphatic rings.